The van der Waals surface area contributed by atoms with Crippen LogP contribution in [0.25, 0.3) is 0 Å². The fourth-order valence-corrected chi connectivity index (χ4v) is 5.53. The monoisotopic (exact) mass is 560 g/mol. The summed E-state index contributed by atoms with van der Waals surface area (Å²) in [7, 11) is 0. The highest BCUT2D eigenvalue weighted by molar-refractivity contribution is 6.30. The maximum absolute atomic E-state index is 15.6. The number of carboxylic acids is 1. The molecular weight excluding hydrogens is 539 g/mol. The molecule has 3 rings (SSSR count). The van der Waals surface area contributed by atoms with E-state index in [1.54, 1.807) is 20.8 Å². The maximum Gasteiger partial charge on any atom is 0.434 e. The van der Waals surface area contributed by atoms with Gasteiger partial charge in [0.05, 0.1) is 6.07 Å². The molecule has 0 unspecified atom stereocenters. The lowest BCUT2D eigenvalue weighted by molar-refractivity contribution is -0.245. The summed E-state index contributed by atoms with van der Waals surface area (Å²) in [5, 5.41) is 20.9. The Hall–Kier alpha value is -2.87. The Bertz CT molecular complexity index is 1260. The van der Waals surface area contributed by atoms with Crippen molar-refractivity contribution in [1.82, 2.24) is 4.90 Å². The van der Waals surface area contributed by atoms with Gasteiger partial charge < -0.3 is 5.11 Å². The first-order valence-electron chi connectivity index (χ1n) is 11.0. The summed E-state index contributed by atoms with van der Waals surface area (Å²) in [6.07, 6.45) is -0.335. The molecule has 1 N–H and O–H groups in total. The molecule has 1 fully saturated rings. The third-order valence-electron chi connectivity index (χ3n) is 6.44. The van der Waals surface area contributed by atoms with E-state index in [1.165, 1.54) is 30.3 Å². The van der Waals surface area contributed by atoms with Crippen LogP contribution in [-0.2, 0) is 19.9 Å². The van der Waals surface area contributed by atoms with Crippen molar-refractivity contribution in [1.29, 1.82) is 5.26 Å². The number of nitriles is 1. The van der Waals surface area contributed by atoms with Gasteiger partial charge in [-0.15, -0.1) is 0 Å². The van der Waals surface area contributed by atoms with Gasteiger partial charge in [0.2, 0.25) is 0 Å². The molecule has 37 heavy (non-hydrogen) atoms. The van der Waals surface area contributed by atoms with E-state index in [1.807, 2.05) is 6.07 Å². The van der Waals surface area contributed by atoms with Gasteiger partial charge in [0.15, 0.2) is 0 Å². The van der Waals surface area contributed by atoms with Gasteiger partial charge in [-0.05, 0) is 41.7 Å². The van der Waals surface area contributed by atoms with Crippen molar-refractivity contribution in [3.63, 3.8) is 0 Å². The lowest BCUT2D eigenvalue weighted by Gasteiger charge is -2.40. The molecule has 0 bridgehead atoms. The standard InChI is InChI=1S/C25H22Cl2F4N2O4/c1-23(2,3)11-18-24(12-32,16-8-7-15(27)10-17(16)28)19(13-5-4-6-14(26)9-13)20(21(34)35)33(18)25(29,30)22(36)37-31/h4-10,18-20H,11H2,1-3H3,(H,34,35)/t18-,19-,20+,24-/m0/s1. The topological polar surface area (TPSA) is 90.6 Å². The van der Waals surface area contributed by atoms with Crippen molar-refractivity contribution in [2.45, 2.75) is 56.7 Å². The first kappa shape index (κ1) is 28.7. The van der Waals surface area contributed by atoms with Crippen LogP contribution in [0.15, 0.2) is 42.5 Å². The van der Waals surface area contributed by atoms with Crippen molar-refractivity contribution < 1.29 is 37.3 Å². The first-order valence-corrected chi connectivity index (χ1v) is 11.7. The van der Waals surface area contributed by atoms with Gasteiger partial charge in [-0.25, -0.2) is 19.0 Å². The number of halogens is 6. The predicted molar refractivity (Wildman–Crippen MR) is 126 cm³/mol. The fourth-order valence-electron chi connectivity index (χ4n) is 5.17. The minimum atomic E-state index is -4.86. The van der Waals surface area contributed by atoms with Crippen molar-refractivity contribution in [2.75, 3.05) is 0 Å². The zero-order chi connectivity index (χ0) is 27.9. The van der Waals surface area contributed by atoms with Crippen LogP contribution in [0.5, 0.6) is 0 Å². The summed E-state index contributed by atoms with van der Waals surface area (Å²) in [4.78, 5) is 27.4. The smallest absolute Gasteiger partial charge is 0.434 e. The highest BCUT2D eigenvalue weighted by Crippen LogP contribution is 2.58. The number of hydrogen-bond donors (Lipinski definition) is 1. The summed E-state index contributed by atoms with van der Waals surface area (Å²) in [6.45, 7) is 4.87. The number of carbonyl (C=O) groups is 2. The van der Waals surface area contributed by atoms with E-state index in [0.717, 1.165) is 12.1 Å². The van der Waals surface area contributed by atoms with E-state index < -0.39 is 58.2 Å². The molecular formula is C25H22Cl2F4N2O4. The lowest BCUT2D eigenvalue weighted by Crippen LogP contribution is -2.58. The van der Waals surface area contributed by atoms with Crippen LogP contribution in [0.2, 0.25) is 10.0 Å². The molecule has 1 aliphatic rings. The van der Waals surface area contributed by atoms with Crippen LogP contribution in [0.3, 0.4) is 0 Å². The molecule has 0 aromatic heterocycles. The van der Waals surface area contributed by atoms with E-state index in [-0.39, 0.29) is 26.9 Å². The minimum absolute atomic E-state index is 0.0154. The average Bonchev–Trinajstić information content (AvgIpc) is 3.08. The molecule has 4 atom stereocenters. The summed E-state index contributed by atoms with van der Waals surface area (Å²) >= 11 is 12.0. The Balaban J connectivity index is 2.54. The Morgan fingerprint density at radius 1 is 1.16 bits per heavy atom. The molecule has 0 aliphatic carbocycles. The normalized spacial score (nSPS) is 24.5. The zero-order valence-electron chi connectivity index (χ0n) is 19.8. The van der Waals surface area contributed by atoms with Crippen molar-refractivity contribution in [3.05, 3.63) is 69.5 Å². The van der Waals surface area contributed by atoms with Crippen molar-refractivity contribution >= 4 is 35.1 Å². The number of hydrogen-bond acceptors (Lipinski definition) is 5. The Kier molecular flexibility index (Phi) is 7.85. The van der Waals surface area contributed by atoms with Crippen molar-refractivity contribution in [2.24, 2.45) is 5.41 Å². The second-order valence-corrected chi connectivity index (χ2v) is 10.9. The molecule has 0 amide bonds. The molecule has 1 aliphatic heterocycles. The molecule has 0 spiro atoms. The van der Waals surface area contributed by atoms with E-state index in [0.29, 0.717) is 0 Å². The van der Waals surface area contributed by atoms with Gasteiger partial charge in [0, 0.05) is 32.1 Å². The second kappa shape index (κ2) is 10.1. The Morgan fingerprint density at radius 3 is 2.27 bits per heavy atom. The van der Waals surface area contributed by atoms with Crippen LogP contribution >= 0.6 is 23.2 Å². The number of benzene rings is 2. The molecule has 198 valence electrons. The van der Waals surface area contributed by atoms with Crippen LogP contribution in [0.4, 0.5) is 17.7 Å². The summed E-state index contributed by atoms with van der Waals surface area (Å²) in [6, 6.07) is 1.62. The van der Waals surface area contributed by atoms with Gasteiger partial charge in [-0.2, -0.15) is 14.0 Å². The summed E-state index contributed by atoms with van der Waals surface area (Å²) in [5.74, 6) is -7.29. The molecule has 2 aromatic rings. The average molecular weight is 561 g/mol. The molecule has 0 saturated carbocycles. The number of nitrogens with zero attached hydrogens (tertiary/aromatic N) is 2. The van der Waals surface area contributed by atoms with Gasteiger partial charge >= 0.3 is 18.0 Å². The number of alkyl halides is 2. The number of carbonyl (C=O) groups excluding carboxylic acids is 1. The number of carboxylic acid groups (broad SMARTS) is 1. The molecule has 1 heterocycles. The number of rotatable bonds is 6. The van der Waals surface area contributed by atoms with E-state index in [2.05, 4.69) is 4.94 Å². The van der Waals surface area contributed by atoms with Gasteiger partial charge in [0.1, 0.15) is 17.3 Å². The van der Waals surface area contributed by atoms with E-state index in [4.69, 9.17) is 23.2 Å². The molecule has 0 radical (unpaired) electrons. The fraction of sp³-hybridized carbons (Fsp3) is 0.400. The summed E-state index contributed by atoms with van der Waals surface area (Å²) in [5.41, 5.74) is -3.61. The maximum atomic E-state index is 15.6. The Morgan fingerprint density at radius 2 is 1.78 bits per heavy atom. The first-order chi connectivity index (χ1) is 17.1. The van der Waals surface area contributed by atoms with Crippen LogP contribution in [0.1, 0.15) is 44.2 Å². The van der Waals surface area contributed by atoms with E-state index in [9.17, 15) is 24.5 Å². The molecule has 6 nitrogen and oxygen atoms in total. The highest BCUT2D eigenvalue weighted by Gasteiger charge is 2.71. The van der Waals surface area contributed by atoms with Crippen LogP contribution in [-0.4, -0.2) is 40.1 Å². The van der Waals surface area contributed by atoms with E-state index >= 15 is 13.2 Å². The van der Waals surface area contributed by atoms with Gasteiger partial charge in [-0.3, -0.25) is 4.79 Å². The number of aliphatic carboxylic acids is 1. The quantitative estimate of drug-likeness (QED) is 0.330. The molecule has 1 saturated heterocycles. The predicted octanol–water partition coefficient (Wildman–Crippen LogP) is 6.27. The SMILES string of the molecule is CC(C)(C)C[C@@H]1N(C(F)(F)C(=O)OF)[C@@H](C(=O)O)[C@H](c2cccc(Cl)c2)[C@@]1(C#N)c1ccc(Cl)cc1F. The highest BCUT2D eigenvalue weighted by atomic mass is 35.5. The molecule has 12 heteroatoms. The zero-order valence-corrected chi connectivity index (χ0v) is 21.3. The van der Waals surface area contributed by atoms with Gasteiger partial charge in [0.25, 0.3) is 0 Å². The minimum Gasteiger partial charge on any atom is -0.480 e. The third-order valence-corrected chi connectivity index (χ3v) is 6.91. The largest absolute Gasteiger partial charge is 0.480 e. The lowest BCUT2D eigenvalue weighted by atomic mass is 9.63. The number of likely N-dealkylation sites (tertiary alicyclic amines) is 1. The van der Waals surface area contributed by atoms with Crippen molar-refractivity contribution in [3.8, 4) is 6.07 Å². The second-order valence-electron chi connectivity index (χ2n) is 10.0. The van der Waals surface area contributed by atoms with Crippen LogP contribution in [0, 0.1) is 22.6 Å². The summed E-state index contributed by atoms with van der Waals surface area (Å²) < 4.78 is 59.5. The van der Waals surface area contributed by atoms with Gasteiger partial charge in [-0.1, -0.05) is 62.2 Å². The Labute approximate surface area is 220 Å². The third kappa shape index (κ3) is 5.00. The van der Waals surface area contributed by atoms with Crippen LogP contribution < -0.4 is 0 Å². The molecule has 2 aromatic carbocycles.